The number of rotatable bonds is 4. The van der Waals surface area contributed by atoms with Gasteiger partial charge in [0.1, 0.15) is 5.54 Å². The number of carbonyl (C=O) groups is 4. The first-order valence-corrected chi connectivity index (χ1v) is 11.6. The Hall–Kier alpha value is -2.75. The molecule has 3 heterocycles. The average Bonchev–Trinajstić information content (AvgIpc) is 3.34. The van der Waals surface area contributed by atoms with Crippen LogP contribution in [0.4, 0.5) is 11.4 Å². The minimum Gasteiger partial charge on any atom is -0.370 e. The zero-order chi connectivity index (χ0) is 23.7. The van der Waals surface area contributed by atoms with Gasteiger partial charge in [-0.3, -0.25) is 24.5 Å². The maximum Gasteiger partial charge on any atom is 0.250 e. The first-order chi connectivity index (χ1) is 15.7. The number of nitrogens with zero attached hydrogens (tertiary/aromatic N) is 1. The van der Waals surface area contributed by atoms with Crippen LogP contribution in [0, 0.1) is 18.8 Å². The Kier molecular flexibility index (Phi) is 5.11. The van der Waals surface area contributed by atoms with E-state index in [2.05, 4.69) is 26.6 Å². The van der Waals surface area contributed by atoms with E-state index in [9.17, 15) is 19.2 Å². The summed E-state index contributed by atoms with van der Waals surface area (Å²) in [4.78, 5) is 53.6. The van der Waals surface area contributed by atoms with Crippen molar-refractivity contribution in [2.75, 3.05) is 10.2 Å². The highest BCUT2D eigenvalue weighted by Crippen LogP contribution is 2.55. The first kappa shape index (κ1) is 22.1. The normalized spacial score (nSPS) is 27.8. The molecule has 33 heavy (non-hydrogen) atoms. The molecular formula is C23H20BrClN4O4. The summed E-state index contributed by atoms with van der Waals surface area (Å²) < 4.78 is 0.713. The van der Waals surface area contributed by atoms with E-state index in [0.29, 0.717) is 32.0 Å². The zero-order valence-electron chi connectivity index (χ0n) is 17.5. The van der Waals surface area contributed by atoms with Gasteiger partial charge in [0.25, 0.3) is 0 Å². The predicted molar refractivity (Wildman–Crippen MR) is 125 cm³/mol. The molecule has 0 bridgehead atoms. The zero-order valence-corrected chi connectivity index (χ0v) is 19.9. The van der Waals surface area contributed by atoms with Crippen LogP contribution in [0.25, 0.3) is 0 Å². The summed E-state index contributed by atoms with van der Waals surface area (Å²) in [5.74, 6) is -3.63. The molecule has 2 fully saturated rings. The molecule has 0 aliphatic carbocycles. The molecule has 5 rings (SSSR count). The van der Waals surface area contributed by atoms with Crippen LogP contribution in [-0.4, -0.2) is 29.7 Å². The standard InChI is InChI=1S/C23H20BrClN4O4/c1-10-14(25)6-5-13-19(10)27-22(33)23(13)18-17(15(28-23)7-8-16(26)30)20(31)29(21(18)32)12-4-2-3-11(24)9-12/h2-6,9,15,17-18,28H,7-8H2,1H3,(H2,26,30)(H,27,33). The molecule has 3 aliphatic heterocycles. The third-order valence-corrected chi connectivity index (χ3v) is 7.76. The fourth-order valence-electron chi connectivity index (χ4n) is 5.41. The van der Waals surface area contributed by atoms with Gasteiger partial charge in [-0.2, -0.15) is 0 Å². The topological polar surface area (TPSA) is 122 Å². The van der Waals surface area contributed by atoms with Crippen LogP contribution in [0.3, 0.4) is 0 Å². The van der Waals surface area contributed by atoms with Crippen molar-refractivity contribution in [2.45, 2.75) is 31.3 Å². The van der Waals surface area contributed by atoms with Gasteiger partial charge in [-0.15, -0.1) is 0 Å². The lowest BCUT2D eigenvalue weighted by Crippen LogP contribution is -2.53. The maximum atomic E-state index is 13.8. The summed E-state index contributed by atoms with van der Waals surface area (Å²) in [7, 11) is 0. The molecule has 4 unspecified atom stereocenters. The van der Waals surface area contributed by atoms with E-state index in [1.165, 1.54) is 0 Å². The molecule has 2 aromatic carbocycles. The van der Waals surface area contributed by atoms with Crippen molar-refractivity contribution in [1.29, 1.82) is 0 Å². The number of hydrogen-bond donors (Lipinski definition) is 3. The Morgan fingerprint density at radius 2 is 1.97 bits per heavy atom. The highest BCUT2D eigenvalue weighted by molar-refractivity contribution is 9.10. The fraction of sp³-hybridized carbons (Fsp3) is 0.304. The van der Waals surface area contributed by atoms with Crippen LogP contribution in [0.1, 0.15) is 24.0 Å². The van der Waals surface area contributed by atoms with Crippen LogP contribution < -0.4 is 21.3 Å². The number of fused-ring (bicyclic) bond motifs is 4. The summed E-state index contributed by atoms with van der Waals surface area (Å²) in [6.07, 6.45) is 0.238. The van der Waals surface area contributed by atoms with Crippen molar-refractivity contribution < 1.29 is 19.2 Å². The lowest BCUT2D eigenvalue weighted by atomic mass is 9.76. The summed E-state index contributed by atoms with van der Waals surface area (Å²) in [6, 6.07) is 9.68. The Labute approximate surface area is 203 Å². The molecule has 1 spiro atoms. The van der Waals surface area contributed by atoms with E-state index in [0.717, 1.165) is 4.90 Å². The number of nitrogens with two attached hydrogens (primary N) is 1. The molecule has 0 saturated carbocycles. The van der Waals surface area contributed by atoms with Gasteiger partial charge >= 0.3 is 0 Å². The quantitative estimate of drug-likeness (QED) is 0.524. The van der Waals surface area contributed by atoms with Crippen molar-refractivity contribution in [2.24, 2.45) is 17.6 Å². The van der Waals surface area contributed by atoms with Gasteiger partial charge in [0.15, 0.2) is 0 Å². The SMILES string of the molecule is Cc1c(Cl)ccc2c1NC(=O)C21NC(CCC(N)=O)C2C(=O)N(c3cccc(Br)c3)C(=O)C21. The maximum absolute atomic E-state index is 13.8. The second kappa shape index (κ2) is 7.65. The molecule has 10 heteroatoms. The molecule has 4 amide bonds. The summed E-state index contributed by atoms with van der Waals surface area (Å²) in [6.45, 7) is 1.78. The molecular weight excluding hydrogens is 512 g/mol. The van der Waals surface area contributed by atoms with Gasteiger partial charge in [-0.25, -0.2) is 4.90 Å². The number of primary amides is 1. The van der Waals surface area contributed by atoms with Crippen LogP contribution in [-0.2, 0) is 24.7 Å². The summed E-state index contributed by atoms with van der Waals surface area (Å²) >= 11 is 9.65. The van der Waals surface area contributed by atoms with Crippen molar-refractivity contribution >= 4 is 62.5 Å². The molecule has 0 radical (unpaired) electrons. The molecule has 8 nitrogen and oxygen atoms in total. The first-order valence-electron chi connectivity index (χ1n) is 10.5. The molecule has 4 N–H and O–H groups in total. The average molecular weight is 532 g/mol. The van der Waals surface area contributed by atoms with Crippen LogP contribution in [0.2, 0.25) is 5.02 Å². The van der Waals surface area contributed by atoms with Crippen LogP contribution >= 0.6 is 27.5 Å². The van der Waals surface area contributed by atoms with E-state index in [1.54, 1.807) is 43.3 Å². The minimum atomic E-state index is -1.45. The number of amides is 4. The third kappa shape index (κ3) is 3.06. The van der Waals surface area contributed by atoms with Crippen molar-refractivity contribution in [3.63, 3.8) is 0 Å². The Morgan fingerprint density at radius 1 is 1.21 bits per heavy atom. The van der Waals surface area contributed by atoms with E-state index in [4.69, 9.17) is 17.3 Å². The lowest BCUT2D eigenvalue weighted by molar-refractivity contribution is -0.130. The highest BCUT2D eigenvalue weighted by atomic mass is 79.9. The van der Waals surface area contributed by atoms with Crippen LogP contribution in [0.5, 0.6) is 0 Å². The lowest BCUT2D eigenvalue weighted by Gasteiger charge is -2.29. The van der Waals surface area contributed by atoms with Gasteiger partial charge in [0.05, 0.1) is 23.2 Å². The van der Waals surface area contributed by atoms with Crippen molar-refractivity contribution in [3.05, 3.63) is 57.0 Å². The smallest absolute Gasteiger partial charge is 0.250 e. The van der Waals surface area contributed by atoms with Crippen LogP contribution in [0.15, 0.2) is 40.9 Å². The number of benzene rings is 2. The Morgan fingerprint density at radius 3 is 2.67 bits per heavy atom. The molecule has 4 atom stereocenters. The fourth-order valence-corrected chi connectivity index (χ4v) is 5.95. The van der Waals surface area contributed by atoms with Gasteiger partial charge in [-0.1, -0.05) is 39.7 Å². The molecule has 2 saturated heterocycles. The number of carbonyl (C=O) groups excluding carboxylic acids is 4. The molecule has 0 aromatic heterocycles. The minimum absolute atomic E-state index is 0.0173. The predicted octanol–water partition coefficient (Wildman–Crippen LogP) is 2.60. The second-order valence-electron chi connectivity index (χ2n) is 8.61. The van der Waals surface area contributed by atoms with Gasteiger partial charge < -0.3 is 11.1 Å². The monoisotopic (exact) mass is 530 g/mol. The molecule has 170 valence electrons. The van der Waals surface area contributed by atoms with E-state index in [1.807, 2.05) is 0 Å². The van der Waals surface area contributed by atoms with Crippen molar-refractivity contribution in [1.82, 2.24) is 5.32 Å². The molecule has 3 aliphatic rings. The van der Waals surface area contributed by atoms with E-state index < -0.39 is 47.0 Å². The van der Waals surface area contributed by atoms with Gasteiger partial charge in [0.2, 0.25) is 23.6 Å². The van der Waals surface area contributed by atoms with E-state index >= 15 is 0 Å². The summed E-state index contributed by atoms with van der Waals surface area (Å²) in [5, 5.41) is 6.63. The Balaban J connectivity index is 1.67. The number of imide groups is 1. The van der Waals surface area contributed by atoms with Gasteiger partial charge in [-0.05, 0) is 43.2 Å². The van der Waals surface area contributed by atoms with Crippen molar-refractivity contribution in [3.8, 4) is 0 Å². The highest BCUT2D eigenvalue weighted by Gasteiger charge is 2.70. The number of halogens is 2. The largest absolute Gasteiger partial charge is 0.370 e. The summed E-state index contributed by atoms with van der Waals surface area (Å²) in [5.41, 5.74) is 6.12. The van der Waals surface area contributed by atoms with E-state index in [-0.39, 0.29) is 12.8 Å². The second-order valence-corrected chi connectivity index (χ2v) is 9.93. The third-order valence-electron chi connectivity index (χ3n) is 6.85. The number of hydrogen-bond acceptors (Lipinski definition) is 5. The number of anilines is 2. The van der Waals surface area contributed by atoms with Gasteiger partial charge in [0, 0.05) is 27.5 Å². The number of nitrogens with one attached hydrogen (secondary N) is 2. The molecule has 2 aromatic rings. The Bertz CT molecular complexity index is 1250.